The van der Waals surface area contributed by atoms with E-state index < -0.39 is 0 Å². The van der Waals surface area contributed by atoms with Crippen LogP contribution in [-0.4, -0.2) is 9.97 Å². The summed E-state index contributed by atoms with van der Waals surface area (Å²) in [7, 11) is 0. The number of H-pyrrole nitrogens is 1. The Labute approximate surface area is 79.1 Å². The molecule has 2 rings (SSSR count). The van der Waals surface area contributed by atoms with E-state index in [2.05, 4.69) is 38.9 Å². The Kier molecular flexibility index (Phi) is 1.89. The molecular formula is C9H9BrN2. The van der Waals surface area contributed by atoms with E-state index in [4.69, 9.17) is 0 Å². The molecule has 0 amide bonds. The van der Waals surface area contributed by atoms with Crippen LogP contribution >= 0.6 is 15.9 Å². The summed E-state index contributed by atoms with van der Waals surface area (Å²) in [4.78, 5) is 7.51. The fourth-order valence-electron chi connectivity index (χ4n) is 1.34. The molecule has 0 saturated carbocycles. The standard InChI is InChI=1S/C9H9BrN2/c1-2-8-9-6(3-4-11-9)7(10)5-12-8/h3-5,11H,2H2,1H3. The third-order valence-corrected chi connectivity index (χ3v) is 2.59. The van der Waals surface area contributed by atoms with Crippen LogP contribution in [0.2, 0.25) is 0 Å². The van der Waals surface area contributed by atoms with Crippen molar-refractivity contribution in [2.24, 2.45) is 0 Å². The van der Waals surface area contributed by atoms with Crippen LogP contribution in [0.25, 0.3) is 10.9 Å². The molecule has 1 N–H and O–H groups in total. The lowest BCUT2D eigenvalue weighted by atomic mass is 10.2. The highest BCUT2D eigenvalue weighted by atomic mass is 79.9. The molecule has 0 aliphatic heterocycles. The van der Waals surface area contributed by atoms with Gasteiger partial charge in [-0.25, -0.2) is 0 Å². The summed E-state index contributed by atoms with van der Waals surface area (Å²) in [5, 5.41) is 1.21. The first-order valence-corrected chi connectivity index (χ1v) is 4.72. The second-order valence-electron chi connectivity index (χ2n) is 2.67. The quantitative estimate of drug-likeness (QED) is 0.794. The van der Waals surface area contributed by atoms with E-state index in [1.807, 2.05) is 12.4 Å². The molecule has 2 aromatic rings. The van der Waals surface area contributed by atoms with Crippen LogP contribution in [0.4, 0.5) is 0 Å². The summed E-state index contributed by atoms with van der Waals surface area (Å²) in [5.74, 6) is 0. The molecule has 0 aliphatic carbocycles. The number of fused-ring (bicyclic) bond motifs is 1. The van der Waals surface area contributed by atoms with Gasteiger partial charge < -0.3 is 4.98 Å². The lowest BCUT2D eigenvalue weighted by Gasteiger charge is -1.99. The van der Waals surface area contributed by atoms with Crippen molar-refractivity contribution in [1.82, 2.24) is 9.97 Å². The normalized spacial score (nSPS) is 10.8. The molecule has 0 unspecified atom stereocenters. The van der Waals surface area contributed by atoms with E-state index in [0.29, 0.717) is 0 Å². The van der Waals surface area contributed by atoms with Crippen molar-refractivity contribution in [2.75, 3.05) is 0 Å². The molecule has 3 heteroatoms. The zero-order chi connectivity index (χ0) is 8.55. The number of hydrogen-bond donors (Lipinski definition) is 1. The maximum Gasteiger partial charge on any atom is 0.0684 e. The second-order valence-corrected chi connectivity index (χ2v) is 3.53. The molecule has 0 fully saturated rings. The number of aromatic nitrogens is 2. The maximum atomic E-state index is 4.32. The summed E-state index contributed by atoms with van der Waals surface area (Å²) in [6.07, 6.45) is 4.76. The molecule has 0 spiro atoms. The van der Waals surface area contributed by atoms with Gasteiger partial charge in [0.2, 0.25) is 0 Å². The predicted octanol–water partition coefficient (Wildman–Crippen LogP) is 2.89. The second kappa shape index (κ2) is 2.90. The predicted molar refractivity (Wildman–Crippen MR) is 53.2 cm³/mol. The van der Waals surface area contributed by atoms with E-state index in [1.165, 1.54) is 5.39 Å². The number of nitrogens with one attached hydrogen (secondary N) is 1. The first-order valence-electron chi connectivity index (χ1n) is 3.93. The van der Waals surface area contributed by atoms with Crippen LogP contribution in [0.5, 0.6) is 0 Å². The lowest BCUT2D eigenvalue weighted by Crippen LogP contribution is -1.88. The van der Waals surface area contributed by atoms with E-state index in [-0.39, 0.29) is 0 Å². The number of nitrogens with zero attached hydrogens (tertiary/aromatic N) is 1. The third kappa shape index (κ3) is 1.05. The van der Waals surface area contributed by atoms with Gasteiger partial charge in [-0.1, -0.05) is 6.92 Å². The van der Waals surface area contributed by atoms with Gasteiger partial charge in [0.05, 0.1) is 11.2 Å². The molecule has 2 aromatic heterocycles. The number of aromatic amines is 1. The average Bonchev–Trinajstić information content (AvgIpc) is 2.54. The SMILES string of the molecule is CCc1ncc(Br)c2cc[nH]c12. The first-order chi connectivity index (χ1) is 5.83. The minimum atomic E-state index is 0.963. The molecular weight excluding hydrogens is 216 g/mol. The maximum absolute atomic E-state index is 4.32. The highest BCUT2D eigenvalue weighted by Crippen LogP contribution is 2.23. The van der Waals surface area contributed by atoms with Crippen LogP contribution < -0.4 is 0 Å². The molecule has 0 atom stereocenters. The monoisotopic (exact) mass is 224 g/mol. The Balaban J connectivity index is 2.82. The largest absolute Gasteiger partial charge is 0.360 e. The van der Waals surface area contributed by atoms with Crippen molar-refractivity contribution in [1.29, 1.82) is 0 Å². The lowest BCUT2D eigenvalue weighted by molar-refractivity contribution is 1.05. The minimum Gasteiger partial charge on any atom is -0.360 e. The number of rotatable bonds is 1. The average molecular weight is 225 g/mol. The van der Waals surface area contributed by atoms with Gasteiger partial charge in [0, 0.05) is 22.3 Å². The number of pyridine rings is 1. The Morgan fingerprint density at radius 2 is 2.42 bits per heavy atom. The van der Waals surface area contributed by atoms with E-state index in [1.54, 1.807) is 0 Å². The van der Waals surface area contributed by atoms with Crippen molar-refractivity contribution >= 4 is 26.8 Å². The molecule has 0 aromatic carbocycles. The Morgan fingerprint density at radius 3 is 3.17 bits per heavy atom. The molecule has 0 radical (unpaired) electrons. The molecule has 62 valence electrons. The van der Waals surface area contributed by atoms with E-state index in [9.17, 15) is 0 Å². The molecule has 0 saturated heterocycles. The Morgan fingerprint density at radius 1 is 1.58 bits per heavy atom. The highest BCUT2D eigenvalue weighted by molar-refractivity contribution is 9.10. The van der Waals surface area contributed by atoms with Crippen molar-refractivity contribution in [2.45, 2.75) is 13.3 Å². The van der Waals surface area contributed by atoms with E-state index >= 15 is 0 Å². The van der Waals surface area contributed by atoms with Gasteiger partial charge in [0.1, 0.15) is 0 Å². The zero-order valence-electron chi connectivity index (χ0n) is 6.76. The van der Waals surface area contributed by atoms with Gasteiger partial charge in [-0.2, -0.15) is 0 Å². The van der Waals surface area contributed by atoms with Crippen LogP contribution in [0, 0.1) is 0 Å². The van der Waals surface area contributed by atoms with Gasteiger partial charge in [-0.3, -0.25) is 4.98 Å². The molecule has 2 heterocycles. The molecule has 0 aliphatic rings. The highest BCUT2D eigenvalue weighted by Gasteiger charge is 2.04. The van der Waals surface area contributed by atoms with Crippen LogP contribution in [0.3, 0.4) is 0 Å². The smallest absolute Gasteiger partial charge is 0.0684 e. The van der Waals surface area contributed by atoms with Crippen LogP contribution in [-0.2, 0) is 6.42 Å². The fourth-order valence-corrected chi connectivity index (χ4v) is 1.78. The van der Waals surface area contributed by atoms with Gasteiger partial charge >= 0.3 is 0 Å². The van der Waals surface area contributed by atoms with Gasteiger partial charge in [-0.05, 0) is 28.4 Å². The number of hydrogen-bond acceptors (Lipinski definition) is 1. The van der Waals surface area contributed by atoms with Crippen molar-refractivity contribution in [3.8, 4) is 0 Å². The molecule has 12 heavy (non-hydrogen) atoms. The summed E-state index contributed by atoms with van der Waals surface area (Å²) < 4.78 is 1.05. The summed E-state index contributed by atoms with van der Waals surface area (Å²) in [5.41, 5.74) is 2.27. The topological polar surface area (TPSA) is 28.7 Å². The summed E-state index contributed by atoms with van der Waals surface area (Å²) in [6, 6.07) is 2.06. The Hall–Kier alpha value is -0.830. The number of halogens is 1. The van der Waals surface area contributed by atoms with E-state index in [0.717, 1.165) is 22.1 Å². The van der Waals surface area contributed by atoms with Crippen LogP contribution in [0.1, 0.15) is 12.6 Å². The number of aryl methyl sites for hydroxylation is 1. The molecule has 2 nitrogen and oxygen atoms in total. The first kappa shape index (κ1) is 7.80. The minimum absolute atomic E-state index is 0.963. The van der Waals surface area contributed by atoms with Gasteiger partial charge in [-0.15, -0.1) is 0 Å². The molecule has 0 bridgehead atoms. The van der Waals surface area contributed by atoms with Crippen LogP contribution in [0.15, 0.2) is 22.9 Å². The summed E-state index contributed by atoms with van der Waals surface area (Å²) >= 11 is 3.46. The van der Waals surface area contributed by atoms with Crippen molar-refractivity contribution in [3.63, 3.8) is 0 Å². The Bertz CT molecular complexity index is 406. The van der Waals surface area contributed by atoms with Gasteiger partial charge in [0.25, 0.3) is 0 Å². The summed E-state index contributed by atoms with van der Waals surface area (Å²) in [6.45, 7) is 2.11. The fraction of sp³-hybridized carbons (Fsp3) is 0.222. The van der Waals surface area contributed by atoms with Crippen molar-refractivity contribution in [3.05, 3.63) is 28.6 Å². The van der Waals surface area contributed by atoms with Crippen molar-refractivity contribution < 1.29 is 0 Å². The third-order valence-electron chi connectivity index (χ3n) is 1.96. The zero-order valence-corrected chi connectivity index (χ0v) is 8.35. The van der Waals surface area contributed by atoms with Gasteiger partial charge in [0.15, 0.2) is 0 Å².